The maximum atomic E-state index is 12.0. The molecule has 0 bridgehead atoms. The Morgan fingerprint density at radius 3 is 2.07 bits per heavy atom. The summed E-state index contributed by atoms with van der Waals surface area (Å²) >= 11 is 10.6. The summed E-state index contributed by atoms with van der Waals surface area (Å²) in [7, 11) is 0. The van der Waals surface area contributed by atoms with Crippen molar-refractivity contribution in [2.24, 2.45) is 0 Å². The van der Waals surface area contributed by atoms with Crippen molar-refractivity contribution < 1.29 is 13.2 Å². The van der Waals surface area contributed by atoms with Gasteiger partial charge in [-0.05, 0) is 23.8 Å². The van der Waals surface area contributed by atoms with Crippen molar-refractivity contribution >= 4 is 29.3 Å². The molecule has 0 atom stereocenters. The topological polar surface area (TPSA) is 0 Å². The van der Waals surface area contributed by atoms with Gasteiger partial charge in [0.1, 0.15) is 5.03 Å². The summed E-state index contributed by atoms with van der Waals surface area (Å²) < 4.78 is 36.0. The van der Waals surface area contributed by atoms with Crippen molar-refractivity contribution in [1.29, 1.82) is 0 Å². The molecule has 0 radical (unpaired) electrons. The molecule has 76 valence electrons. The van der Waals surface area contributed by atoms with Crippen LogP contribution in [0.5, 0.6) is 0 Å². The van der Waals surface area contributed by atoms with Crippen LogP contribution in [-0.4, -0.2) is 6.18 Å². The van der Waals surface area contributed by atoms with Gasteiger partial charge in [-0.15, -0.1) is 0 Å². The minimum absolute atomic E-state index is 0.358. The van der Waals surface area contributed by atoms with E-state index >= 15 is 0 Å². The molecule has 1 rings (SSSR count). The van der Waals surface area contributed by atoms with Gasteiger partial charge in [-0.25, -0.2) is 0 Å². The first-order valence-electron chi connectivity index (χ1n) is 3.59. The van der Waals surface area contributed by atoms with Crippen LogP contribution >= 0.6 is 23.2 Å². The molecule has 0 fully saturated rings. The molecule has 1 aromatic rings. The maximum Gasteiger partial charge on any atom is 0.426 e. The minimum Gasteiger partial charge on any atom is -0.165 e. The van der Waals surface area contributed by atoms with Gasteiger partial charge in [0, 0.05) is 5.02 Å². The highest BCUT2D eigenvalue weighted by atomic mass is 35.5. The Balaban J connectivity index is 2.93. The fourth-order valence-electron chi connectivity index (χ4n) is 0.787. The van der Waals surface area contributed by atoms with Crippen LogP contribution in [0.3, 0.4) is 0 Å². The van der Waals surface area contributed by atoms with Crippen LogP contribution in [0, 0.1) is 0 Å². The van der Waals surface area contributed by atoms with Gasteiger partial charge in [0.2, 0.25) is 0 Å². The zero-order valence-corrected chi connectivity index (χ0v) is 8.29. The van der Waals surface area contributed by atoms with Crippen LogP contribution in [0.25, 0.3) is 6.08 Å². The fraction of sp³-hybridized carbons (Fsp3) is 0.111. The Hall–Kier alpha value is -0.670. The zero-order chi connectivity index (χ0) is 10.8. The summed E-state index contributed by atoms with van der Waals surface area (Å²) in [5.74, 6) is 0. The number of hydrogen-bond acceptors (Lipinski definition) is 0. The highest BCUT2D eigenvalue weighted by Crippen LogP contribution is 2.30. The lowest BCUT2D eigenvalue weighted by atomic mass is 10.2. The first-order chi connectivity index (χ1) is 6.39. The quantitative estimate of drug-likeness (QED) is 0.679. The molecule has 0 saturated carbocycles. The van der Waals surface area contributed by atoms with E-state index in [9.17, 15) is 13.2 Å². The van der Waals surface area contributed by atoms with Gasteiger partial charge in [0.05, 0.1) is 0 Å². The van der Waals surface area contributed by atoms with Crippen molar-refractivity contribution in [2.45, 2.75) is 6.18 Å². The van der Waals surface area contributed by atoms with Crippen LogP contribution in [0.2, 0.25) is 5.02 Å². The Bertz CT molecular complexity index is 338. The van der Waals surface area contributed by atoms with Crippen LogP contribution in [-0.2, 0) is 0 Å². The predicted octanol–water partition coefficient (Wildman–Crippen LogP) is 4.48. The fourth-order valence-corrected chi connectivity index (χ4v) is 1.04. The van der Waals surface area contributed by atoms with Crippen molar-refractivity contribution in [3.8, 4) is 0 Å². The zero-order valence-electron chi connectivity index (χ0n) is 6.78. The van der Waals surface area contributed by atoms with Crippen LogP contribution < -0.4 is 0 Å². The molecular formula is C9H5Cl2F3. The number of benzene rings is 1. The number of rotatable bonds is 1. The molecule has 0 aliphatic heterocycles. The second kappa shape index (κ2) is 4.24. The normalized spacial score (nSPS) is 13.1. The summed E-state index contributed by atoms with van der Waals surface area (Å²) in [5, 5.41) is -0.690. The van der Waals surface area contributed by atoms with E-state index in [-0.39, 0.29) is 0 Å². The van der Waals surface area contributed by atoms with E-state index < -0.39 is 11.2 Å². The summed E-state index contributed by atoms with van der Waals surface area (Å²) in [6, 6.07) is 5.90. The van der Waals surface area contributed by atoms with Gasteiger partial charge in [-0.3, -0.25) is 0 Å². The maximum absolute atomic E-state index is 12.0. The van der Waals surface area contributed by atoms with Crippen LogP contribution in [0.1, 0.15) is 5.56 Å². The highest BCUT2D eigenvalue weighted by molar-refractivity contribution is 6.32. The van der Waals surface area contributed by atoms with E-state index in [1.165, 1.54) is 24.3 Å². The highest BCUT2D eigenvalue weighted by Gasteiger charge is 2.32. The van der Waals surface area contributed by atoms with E-state index in [0.29, 0.717) is 10.6 Å². The molecule has 0 unspecified atom stereocenters. The van der Waals surface area contributed by atoms with Gasteiger partial charge >= 0.3 is 6.18 Å². The monoisotopic (exact) mass is 240 g/mol. The lowest BCUT2D eigenvalue weighted by Crippen LogP contribution is -2.06. The molecule has 0 nitrogen and oxygen atoms in total. The third-order valence-electron chi connectivity index (χ3n) is 1.43. The predicted molar refractivity (Wildman–Crippen MR) is 51.3 cm³/mol. The Kier molecular flexibility index (Phi) is 3.45. The lowest BCUT2D eigenvalue weighted by Gasteiger charge is -2.03. The number of halogens is 5. The van der Waals surface area contributed by atoms with Gasteiger partial charge in [0.15, 0.2) is 0 Å². The summed E-state index contributed by atoms with van der Waals surface area (Å²) in [4.78, 5) is 0. The second-order valence-electron chi connectivity index (χ2n) is 2.54. The molecule has 0 amide bonds. The SMILES string of the molecule is FC(F)(F)/C(Cl)=C\c1ccc(Cl)cc1. The summed E-state index contributed by atoms with van der Waals surface area (Å²) in [6.07, 6.45) is -3.65. The smallest absolute Gasteiger partial charge is 0.165 e. The average Bonchev–Trinajstić information content (AvgIpc) is 2.07. The molecule has 0 N–H and O–H groups in total. The van der Waals surface area contributed by atoms with Crippen LogP contribution in [0.15, 0.2) is 29.3 Å². The average molecular weight is 241 g/mol. The van der Waals surface area contributed by atoms with Gasteiger partial charge in [0.25, 0.3) is 0 Å². The van der Waals surface area contributed by atoms with Gasteiger partial charge < -0.3 is 0 Å². The van der Waals surface area contributed by atoms with E-state index in [2.05, 4.69) is 0 Å². The van der Waals surface area contributed by atoms with Gasteiger partial charge in [-0.1, -0.05) is 35.3 Å². The Morgan fingerprint density at radius 1 is 1.14 bits per heavy atom. The number of hydrogen-bond donors (Lipinski definition) is 0. The molecule has 0 aliphatic carbocycles. The van der Waals surface area contributed by atoms with E-state index in [1.807, 2.05) is 0 Å². The molecule has 0 aromatic heterocycles. The molecule has 0 saturated heterocycles. The van der Waals surface area contributed by atoms with E-state index in [4.69, 9.17) is 23.2 Å². The van der Waals surface area contributed by atoms with Gasteiger partial charge in [-0.2, -0.15) is 13.2 Å². The minimum atomic E-state index is -4.50. The molecule has 0 heterocycles. The summed E-state index contributed by atoms with van der Waals surface area (Å²) in [5.41, 5.74) is 0.358. The second-order valence-corrected chi connectivity index (χ2v) is 3.39. The first-order valence-corrected chi connectivity index (χ1v) is 4.35. The van der Waals surface area contributed by atoms with Crippen molar-refractivity contribution in [1.82, 2.24) is 0 Å². The number of allylic oxidation sites excluding steroid dienone is 1. The van der Waals surface area contributed by atoms with E-state index in [0.717, 1.165) is 6.08 Å². The van der Waals surface area contributed by atoms with E-state index in [1.54, 1.807) is 0 Å². The Labute approximate surface area is 88.9 Å². The lowest BCUT2D eigenvalue weighted by molar-refractivity contribution is -0.0836. The molecule has 1 aromatic carbocycles. The Morgan fingerprint density at radius 2 is 1.64 bits per heavy atom. The molecule has 14 heavy (non-hydrogen) atoms. The molecular weight excluding hydrogens is 236 g/mol. The van der Waals surface area contributed by atoms with Crippen LogP contribution in [0.4, 0.5) is 13.2 Å². The van der Waals surface area contributed by atoms with Crippen molar-refractivity contribution in [2.75, 3.05) is 0 Å². The first kappa shape index (κ1) is 11.4. The summed E-state index contributed by atoms with van der Waals surface area (Å²) in [6.45, 7) is 0. The molecule has 0 aliphatic rings. The molecule has 5 heteroatoms. The number of alkyl halides is 3. The van der Waals surface area contributed by atoms with Crippen molar-refractivity contribution in [3.05, 3.63) is 39.9 Å². The third-order valence-corrected chi connectivity index (χ3v) is 2.01. The molecule has 0 spiro atoms. The third kappa shape index (κ3) is 3.24. The standard InChI is InChI=1S/C9H5Cl2F3/c10-7-3-1-6(2-4-7)5-8(11)9(12,13)14/h1-5H/b8-5+. The van der Waals surface area contributed by atoms with Crippen molar-refractivity contribution in [3.63, 3.8) is 0 Å². The largest absolute Gasteiger partial charge is 0.426 e.